The zero-order chi connectivity index (χ0) is 23.6. The molecule has 0 aliphatic rings. The van der Waals surface area contributed by atoms with Crippen molar-refractivity contribution in [2.45, 2.75) is 6.54 Å². The standard InChI is InChI=1S/C25H17FN8O/c26-19-9-1-2-11-21(19)34-23(20-10-3-4-12-27-20)22(30-32-34)25-29-24(31-35-25)18-8-5-7-17(15-18)16-33-14-6-13-28-33/h1-15H,16H2. The molecule has 0 aliphatic heterocycles. The molecule has 6 aromatic rings. The highest BCUT2D eigenvalue weighted by Gasteiger charge is 2.25. The first-order valence-corrected chi connectivity index (χ1v) is 10.8. The van der Waals surface area contributed by atoms with Crippen LogP contribution in [0.3, 0.4) is 0 Å². The van der Waals surface area contributed by atoms with Crippen LogP contribution in [0.25, 0.3) is 40.0 Å². The second kappa shape index (κ2) is 8.75. The van der Waals surface area contributed by atoms with Crippen LogP contribution in [0.2, 0.25) is 0 Å². The maximum atomic E-state index is 14.6. The van der Waals surface area contributed by atoms with E-state index in [4.69, 9.17) is 4.52 Å². The molecule has 0 saturated carbocycles. The van der Waals surface area contributed by atoms with Crippen LogP contribution in [0.5, 0.6) is 0 Å². The average Bonchev–Trinajstić information content (AvgIpc) is 3.66. The number of para-hydroxylation sites is 1. The van der Waals surface area contributed by atoms with Crippen LogP contribution in [0.4, 0.5) is 4.39 Å². The minimum atomic E-state index is -0.443. The summed E-state index contributed by atoms with van der Waals surface area (Å²) >= 11 is 0. The molecule has 0 unspecified atom stereocenters. The lowest BCUT2D eigenvalue weighted by Crippen LogP contribution is -2.03. The summed E-state index contributed by atoms with van der Waals surface area (Å²) in [7, 11) is 0. The fraction of sp³-hybridized carbons (Fsp3) is 0.0400. The molecule has 0 aliphatic carbocycles. The van der Waals surface area contributed by atoms with E-state index in [-0.39, 0.29) is 11.6 Å². The van der Waals surface area contributed by atoms with E-state index in [9.17, 15) is 4.39 Å². The van der Waals surface area contributed by atoms with E-state index in [2.05, 4.69) is 30.5 Å². The quantitative estimate of drug-likeness (QED) is 0.359. The smallest absolute Gasteiger partial charge is 0.281 e. The predicted octanol–water partition coefficient (Wildman–Crippen LogP) is 4.43. The van der Waals surface area contributed by atoms with Gasteiger partial charge in [-0.1, -0.05) is 46.8 Å². The molecule has 0 fully saturated rings. The molecule has 9 nitrogen and oxygen atoms in total. The molecule has 0 atom stereocenters. The summed E-state index contributed by atoms with van der Waals surface area (Å²) in [5.41, 5.74) is 3.34. The summed E-state index contributed by atoms with van der Waals surface area (Å²) in [4.78, 5) is 8.98. The molecule has 0 N–H and O–H groups in total. The molecule has 10 heteroatoms. The van der Waals surface area contributed by atoms with Crippen LogP contribution in [0, 0.1) is 5.82 Å². The third-order valence-electron chi connectivity index (χ3n) is 5.38. The molecule has 4 heterocycles. The third kappa shape index (κ3) is 3.97. The highest BCUT2D eigenvalue weighted by Crippen LogP contribution is 2.32. The highest BCUT2D eigenvalue weighted by molar-refractivity contribution is 5.74. The summed E-state index contributed by atoms with van der Waals surface area (Å²) < 4.78 is 23.4. The molecule has 35 heavy (non-hydrogen) atoms. The van der Waals surface area contributed by atoms with E-state index in [0.717, 1.165) is 11.1 Å². The average molecular weight is 464 g/mol. The Morgan fingerprint density at radius 3 is 2.66 bits per heavy atom. The number of rotatable bonds is 6. The van der Waals surface area contributed by atoms with Gasteiger partial charge < -0.3 is 4.52 Å². The Balaban J connectivity index is 1.41. The van der Waals surface area contributed by atoms with Gasteiger partial charge in [0.25, 0.3) is 5.89 Å². The van der Waals surface area contributed by atoms with Crippen LogP contribution in [-0.2, 0) is 6.54 Å². The van der Waals surface area contributed by atoms with Crippen molar-refractivity contribution in [3.63, 3.8) is 0 Å². The van der Waals surface area contributed by atoms with Gasteiger partial charge in [-0.2, -0.15) is 10.1 Å². The molecule has 0 saturated heterocycles. The predicted molar refractivity (Wildman–Crippen MR) is 125 cm³/mol. The number of nitrogens with zero attached hydrogens (tertiary/aromatic N) is 8. The van der Waals surface area contributed by atoms with Crippen LogP contribution in [0.15, 0.2) is 95.9 Å². The van der Waals surface area contributed by atoms with Crippen LogP contribution < -0.4 is 0 Å². The molecule has 0 spiro atoms. The molecule has 0 radical (unpaired) electrons. The first kappa shape index (κ1) is 20.6. The van der Waals surface area contributed by atoms with Crippen LogP contribution in [0.1, 0.15) is 5.56 Å². The van der Waals surface area contributed by atoms with Crippen LogP contribution in [-0.4, -0.2) is 39.9 Å². The molecule has 170 valence electrons. The van der Waals surface area contributed by atoms with Gasteiger partial charge in [0.2, 0.25) is 5.82 Å². The Labute approximate surface area is 198 Å². The van der Waals surface area contributed by atoms with E-state index in [1.165, 1.54) is 10.7 Å². The molecular weight excluding hydrogens is 447 g/mol. The van der Waals surface area contributed by atoms with E-state index in [0.29, 0.717) is 29.5 Å². The van der Waals surface area contributed by atoms with Crippen molar-refractivity contribution >= 4 is 0 Å². The Hall–Kier alpha value is -4.99. The van der Waals surface area contributed by atoms with Gasteiger partial charge in [0.05, 0.1) is 12.2 Å². The summed E-state index contributed by atoms with van der Waals surface area (Å²) in [6.07, 6.45) is 5.28. The summed E-state index contributed by atoms with van der Waals surface area (Å²) in [5.74, 6) is 0.108. The number of pyridine rings is 1. The number of halogens is 1. The zero-order valence-corrected chi connectivity index (χ0v) is 18.2. The van der Waals surface area contributed by atoms with Gasteiger partial charge in [0.15, 0.2) is 5.69 Å². The molecule has 4 aromatic heterocycles. The molecular formula is C25H17FN8O. The van der Waals surface area contributed by atoms with Gasteiger partial charge in [0, 0.05) is 24.2 Å². The van der Waals surface area contributed by atoms with Crippen molar-refractivity contribution in [3.05, 3.63) is 103 Å². The Morgan fingerprint density at radius 2 is 1.83 bits per heavy atom. The van der Waals surface area contributed by atoms with Gasteiger partial charge in [-0.05, 0) is 42.0 Å². The van der Waals surface area contributed by atoms with Crippen molar-refractivity contribution in [3.8, 4) is 40.0 Å². The highest BCUT2D eigenvalue weighted by atomic mass is 19.1. The zero-order valence-electron chi connectivity index (χ0n) is 18.2. The van der Waals surface area contributed by atoms with Crippen molar-refractivity contribution < 1.29 is 8.91 Å². The summed E-state index contributed by atoms with van der Waals surface area (Å²) in [5, 5.41) is 16.8. The van der Waals surface area contributed by atoms with E-state index in [1.54, 1.807) is 42.7 Å². The largest absolute Gasteiger partial charge is 0.332 e. The maximum Gasteiger partial charge on any atom is 0.281 e. The van der Waals surface area contributed by atoms with Crippen molar-refractivity contribution in [1.82, 2.24) is 39.9 Å². The SMILES string of the molecule is Fc1ccccc1-n1nnc(-c2nc(-c3cccc(Cn4cccn4)c3)no2)c1-c1ccccn1. The molecule has 2 aromatic carbocycles. The lowest BCUT2D eigenvalue weighted by atomic mass is 10.1. The lowest BCUT2D eigenvalue weighted by molar-refractivity contribution is 0.431. The molecule has 0 bridgehead atoms. The van der Waals surface area contributed by atoms with Crippen molar-refractivity contribution in [1.29, 1.82) is 0 Å². The Bertz CT molecular complexity index is 1590. The Kier molecular flexibility index (Phi) is 5.15. The van der Waals surface area contributed by atoms with Gasteiger partial charge >= 0.3 is 0 Å². The second-order valence-corrected chi connectivity index (χ2v) is 7.69. The number of hydrogen-bond acceptors (Lipinski definition) is 7. The monoisotopic (exact) mass is 464 g/mol. The fourth-order valence-corrected chi connectivity index (χ4v) is 3.78. The van der Waals surface area contributed by atoms with Gasteiger partial charge in [0.1, 0.15) is 17.2 Å². The summed E-state index contributed by atoms with van der Waals surface area (Å²) in [6.45, 7) is 0.617. The van der Waals surface area contributed by atoms with Gasteiger partial charge in [-0.25, -0.2) is 9.07 Å². The number of hydrogen-bond donors (Lipinski definition) is 0. The maximum absolute atomic E-state index is 14.6. The molecule has 0 amide bonds. The Morgan fingerprint density at radius 1 is 0.914 bits per heavy atom. The van der Waals surface area contributed by atoms with Crippen molar-refractivity contribution in [2.75, 3.05) is 0 Å². The topological polar surface area (TPSA) is 100 Å². The lowest BCUT2D eigenvalue weighted by Gasteiger charge is -2.07. The summed E-state index contributed by atoms with van der Waals surface area (Å²) in [6, 6.07) is 21.4. The van der Waals surface area contributed by atoms with Gasteiger partial charge in [-0.15, -0.1) is 5.10 Å². The molecule has 6 rings (SSSR count). The second-order valence-electron chi connectivity index (χ2n) is 7.69. The minimum Gasteiger partial charge on any atom is -0.332 e. The normalized spacial score (nSPS) is 11.1. The fourth-order valence-electron chi connectivity index (χ4n) is 3.78. The van der Waals surface area contributed by atoms with E-state index >= 15 is 0 Å². The number of aromatic nitrogens is 8. The van der Waals surface area contributed by atoms with Gasteiger partial charge in [-0.3, -0.25) is 9.67 Å². The first-order chi connectivity index (χ1) is 17.3. The minimum absolute atomic E-state index is 0.153. The number of benzene rings is 2. The van der Waals surface area contributed by atoms with E-state index in [1.807, 2.05) is 47.3 Å². The first-order valence-electron chi connectivity index (χ1n) is 10.8. The third-order valence-corrected chi connectivity index (χ3v) is 5.38. The van der Waals surface area contributed by atoms with E-state index < -0.39 is 5.82 Å². The van der Waals surface area contributed by atoms with Crippen LogP contribution >= 0.6 is 0 Å². The van der Waals surface area contributed by atoms with Crippen molar-refractivity contribution in [2.24, 2.45) is 0 Å².